The molecule has 3 nitrogen and oxygen atoms in total. The third-order valence-corrected chi connectivity index (χ3v) is 5.27. The molecule has 0 amide bonds. The molecule has 0 aliphatic carbocycles. The van der Waals surface area contributed by atoms with Crippen LogP contribution in [0.15, 0.2) is 0 Å². The van der Waals surface area contributed by atoms with Crippen LogP contribution in [0.5, 0.6) is 0 Å². The van der Waals surface area contributed by atoms with E-state index in [0.29, 0.717) is 6.42 Å². The number of aliphatic hydroxyl groups excluding tert-OH is 1. The van der Waals surface area contributed by atoms with Gasteiger partial charge in [0.2, 0.25) is 0 Å². The van der Waals surface area contributed by atoms with Crippen molar-refractivity contribution in [1.82, 2.24) is 0 Å². The molecule has 0 radical (unpaired) electrons. The molecule has 0 aromatic carbocycles. The molecule has 0 aliphatic rings. The van der Waals surface area contributed by atoms with Gasteiger partial charge >= 0.3 is 5.97 Å². The Balaban J connectivity index is 3.20. The summed E-state index contributed by atoms with van der Waals surface area (Å²) in [6.07, 6.45) is 21.0. The number of unbranched alkanes of at least 4 members (excludes halogenated alkanes) is 15. The molecule has 0 spiro atoms. The molecule has 0 saturated carbocycles. The van der Waals surface area contributed by atoms with E-state index in [1.165, 1.54) is 89.9 Å². The molecule has 150 valence electrons. The zero-order chi connectivity index (χ0) is 18.8. The van der Waals surface area contributed by atoms with Crippen LogP contribution in [0, 0.1) is 5.92 Å². The molecular weight excluding hydrogens is 312 g/mol. The monoisotopic (exact) mass is 356 g/mol. The highest BCUT2D eigenvalue weighted by Crippen LogP contribution is 2.17. The lowest BCUT2D eigenvalue weighted by atomic mass is 9.96. The number of rotatable bonds is 19. The van der Waals surface area contributed by atoms with E-state index in [4.69, 9.17) is 5.11 Å². The van der Waals surface area contributed by atoms with Crippen LogP contribution in [0.4, 0.5) is 0 Å². The van der Waals surface area contributed by atoms with Crippen LogP contribution in [0.3, 0.4) is 0 Å². The molecule has 0 aliphatic heterocycles. The molecule has 0 rings (SSSR count). The summed E-state index contributed by atoms with van der Waals surface area (Å²) in [7, 11) is 0. The molecule has 0 fully saturated rings. The summed E-state index contributed by atoms with van der Waals surface area (Å²) < 4.78 is 0. The van der Waals surface area contributed by atoms with Crippen LogP contribution in [-0.2, 0) is 4.79 Å². The number of hydrogen-bond donors (Lipinski definition) is 2. The fourth-order valence-corrected chi connectivity index (χ4v) is 3.48. The smallest absolute Gasteiger partial charge is 0.309 e. The van der Waals surface area contributed by atoms with Gasteiger partial charge in [0.25, 0.3) is 0 Å². The zero-order valence-corrected chi connectivity index (χ0v) is 17.0. The van der Waals surface area contributed by atoms with Gasteiger partial charge in [-0.3, -0.25) is 4.79 Å². The maximum Gasteiger partial charge on any atom is 0.309 e. The molecule has 2 unspecified atom stereocenters. The minimum atomic E-state index is -0.865. The first-order valence-corrected chi connectivity index (χ1v) is 11.0. The van der Waals surface area contributed by atoms with Crippen LogP contribution in [0.25, 0.3) is 0 Å². The summed E-state index contributed by atoms with van der Waals surface area (Å²) in [6, 6.07) is 0. The van der Waals surface area contributed by atoms with E-state index in [1.807, 2.05) is 0 Å². The summed E-state index contributed by atoms with van der Waals surface area (Å²) in [4.78, 5) is 11.0. The average Bonchev–Trinajstić information content (AvgIpc) is 2.57. The first-order chi connectivity index (χ1) is 12.1. The highest BCUT2D eigenvalue weighted by Gasteiger charge is 2.21. The van der Waals surface area contributed by atoms with E-state index in [9.17, 15) is 9.90 Å². The number of carboxylic acids is 1. The highest BCUT2D eigenvalue weighted by atomic mass is 16.4. The number of carboxylic acid groups (broad SMARTS) is 1. The maximum absolute atomic E-state index is 11.0. The van der Waals surface area contributed by atoms with Gasteiger partial charge in [-0.25, -0.2) is 0 Å². The second-order valence-electron chi connectivity index (χ2n) is 7.78. The molecule has 25 heavy (non-hydrogen) atoms. The topological polar surface area (TPSA) is 57.5 Å². The Bertz CT molecular complexity index is 289. The van der Waals surface area contributed by atoms with Gasteiger partial charge in [0, 0.05) is 0 Å². The second kappa shape index (κ2) is 18.2. The molecular formula is C22H44O3. The largest absolute Gasteiger partial charge is 0.481 e. The third-order valence-electron chi connectivity index (χ3n) is 5.27. The quantitative estimate of drug-likeness (QED) is 0.253. The Hall–Kier alpha value is -0.570. The van der Waals surface area contributed by atoms with Gasteiger partial charge in [-0.15, -0.1) is 0 Å². The first-order valence-electron chi connectivity index (χ1n) is 11.0. The number of hydrogen-bond acceptors (Lipinski definition) is 2. The predicted octanol–water partition coefficient (Wildman–Crippen LogP) is 6.72. The zero-order valence-electron chi connectivity index (χ0n) is 17.0. The molecule has 3 heteroatoms. The highest BCUT2D eigenvalue weighted by molar-refractivity contribution is 5.70. The van der Waals surface area contributed by atoms with Gasteiger partial charge in [-0.05, 0) is 13.3 Å². The van der Waals surface area contributed by atoms with E-state index in [1.54, 1.807) is 6.92 Å². The summed E-state index contributed by atoms with van der Waals surface area (Å²) in [5.41, 5.74) is 0. The number of aliphatic carboxylic acids is 1. The van der Waals surface area contributed by atoms with Gasteiger partial charge in [-0.2, -0.15) is 0 Å². The normalized spacial score (nSPS) is 13.7. The van der Waals surface area contributed by atoms with Crippen molar-refractivity contribution in [2.24, 2.45) is 5.92 Å². The van der Waals surface area contributed by atoms with Gasteiger partial charge in [0.1, 0.15) is 0 Å². The van der Waals surface area contributed by atoms with Crippen molar-refractivity contribution < 1.29 is 15.0 Å². The van der Waals surface area contributed by atoms with Crippen molar-refractivity contribution in [1.29, 1.82) is 0 Å². The summed E-state index contributed by atoms with van der Waals surface area (Å²) in [5, 5.41) is 18.4. The minimum Gasteiger partial charge on any atom is -0.481 e. The number of aliphatic hydroxyl groups is 1. The molecule has 0 aromatic heterocycles. The van der Waals surface area contributed by atoms with E-state index >= 15 is 0 Å². The Kier molecular flexibility index (Phi) is 17.8. The summed E-state index contributed by atoms with van der Waals surface area (Å²) in [5.74, 6) is -1.46. The Morgan fingerprint density at radius 2 is 1.00 bits per heavy atom. The van der Waals surface area contributed by atoms with Gasteiger partial charge < -0.3 is 10.2 Å². The lowest BCUT2D eigenvalue weighted by Crippen LogP contribution is -2.25. The Labute approximate surface area is 156 Å². The van der Waals surface area contributed by atoms with E-state index in [2.05, 4.69) is 6.92 Å². The Morgan fingerprint density at radius 1 is 0.680 bits per heavy atom. The minimum absolute atomic E-state index is 0.591. The van der Waals surface area contributed by atoms with Crippen LogP contribution in [0.1, 0.15) is 123 Å². The predicted molar refractivity (Wildman–Crippen MR) is 107 cm³/mol. The average molecular weight is 357 g/mol. The fraction of sp³-hybridized carbons (Fsp3) is 0.955. The molecule has 0 bridgehead atoms. The third kappa shape index (κ3) is 16.6. The second-order valence-corrected chi connectivity index (χ2v) is 7.78. The van der Waals surface area contributed by atoms with Gasteiger partial charge in [-0.1, -0.05) is 110 Å². The van der Waals surface area contributed by atoms with Crippen LogP contribution < -0.4 is 0 Å². The Morgan fingerprint density at radius 3 is 1.28 bits per heavy atom. The summed E-state index contributed by atoms with van der Waals surface area (Å²) >= 11 is 0. The lowest BCUT2D eigenvalue weighted by Gasteiger charge is -2.14. The van der Waals surface area contributed by atoms with E-state index < -0.39 is 18.0 Å². The molecule has 0 heterocycles. The van der Waals surface area contributed by atoms with Crippen molar-refractivity contribution in [3.63, 3.8) is 0 Å². The van der Waals surface area contributed by atoms with Crippen molar-refractivity contribution in [2.45, 2.75) is 129 Å². The van der Waals surface area contributed by atoms with Crippen molar-refractivity contribution >= 4 is 5.97 Å². The molecule has 0 saturated heterocycles. The van der Waals surface area contributed by atoms with Gasteiger partial charge in [0.05, 0.1) is 12.0 Å². The fourth-order valence-electron chi connectivity index (χ4n) is 3.48. The first kappa shape index (κ1) is 24.4. The molecule has 2 atom stereocenters. The maximum atomic E-state index is 11.0. The number of carbonyl (C=O) groups is 1. The summed E-state index contributed by atoms with van der Waals surface area (Å²) in [6.45, 7) is 3.84. The molecule has 0 aromatic rings. The van der Waals surface area contributed by atoms with Crippen LogP contribution in [0.2, 0.25) is 0 Å². The van der Waals surface area contributed by atoms with Gasteiger partial charge in [0.15, 0.2) is 0 Å². The molecule has 2 N–H and O–H groups in total. The van der Waals surface area contributed by atoms with Crippen LogP contribution in [-0.4, -0.2) is 22.3 Å². The lowest BCUT2D eigenvalue weighted by molar-refractivity contribution is -0.145. The van der Waals surface area contributed by atoms with E-state index in [0.717, 1.165) is 12.8 Å². The van der Waals surface area contributed by atoms with Crippen LogP contribution >= 0.6 is 0 Å². The van der Waals surface area contributed by atoms with Crippen molar-refractivity contribution in [2.75, 3.05) is 0 Å². The van der Waals surface area contributed by atoms with Crippen molar-refractivity contribution in [3.05, 3.63) is 0 Å². The van der Waals surface area contributed by atoms with E-state index in [-0.39, 0.29) is 0 Å². The van der Waals surface area contributed by atoms with Crippen molar-refractivity contribution in [3.8, 4) is 0 Å². The standard InChI is InChI=1S/C22H44O3/c1-3-4-5-6-7-8-9-10-11-12-13-14-15-16-17-18-19-21(20(2)23)22(24)25/h20-21,23H,3-19H2,1-2H3,(H,24,25). The SMILES string of the molecule is CCCCCCCCCCCCCCCCCCC(C(=O)O)C(C)O.